The smallest absolute Gasteiger partial charge is 0.313 e. The van der Waals surface area contributed by atoms with Crippen LogP contribution in [0.15, 0.2) is 54.6 Å². The minimum atomic E-state index is -1.50. The van der Waals surface area contributed by atoms with Crippen LogP contribution in [-0.4, -0.2) is 34.1 Å². The summed E-state index contributed by atoms with van der Waals surface area (Å²) < 4.78 is 5.72. The van der Waals surface area contributed by atoms with E-state index in [1.807, 2.05) is 42.5 Å². The Morgan fingerprint density at radius 1 is 1.15 bits per heavy atom. The highest BCUT2D eigenvalue weighted by Gasteiger charge is 2.53. The molecule has 0 aliphatic heterocycles. The molecule has 1 aliphatic carbocycles. The van der Waals surface area contributed by atoms with E-state index in [-0.39, 0.29) is 19.6 Å². The molecule has 0 amide bonds. The fourth-order valence-electron chi connectivity index (χ4n) is 3.51. The van der Waals surface area contributed by atoms with Gasteiger partial charge in [0.1, 0.15) is 5.41 Å². The Hall–Kier alpha value is -2.37. The number of carboxylic acid groups (broad SMARTS) is 2. The van der Waals surface area contributed by atoms with Gasteiger partial charge in [-0.05, 0) is 35.7 Å². The normalized spacial score (nSPS) is 27.6. The summed E-state index contributed by atoms with van der Waals surface area (Å²) in [5.74, 6) is -2.24. The first-order chi connectivity index (χ1) is 12.8. The van der Waals surface area contributed by atoms with Gasteiger partial charge < -0.3 is 14.9 Å². The minimum Gasteiger partial charge on any atom is -0.481 e. The Morgan fingerprint density at radius 3 is 2.52 bits per heavy atom. The van der Waals surface area contributed by atoms with Crippen molar-refractivity contribution in [2.75, 3.05) is 6.61 Å². The molecule has 2 N–H and O–H groups in total. The number of hydrogen-bond donors (Lipinski definition) is 2. The highest BCUT2D eigenvalue weighted by molar-refractivity contribution is 6.24. The first-order valence-electron chi connectivity index (χ1n) is 8.62. The SMILES string of the molecule is CC1(C(=O)O)C=CC(Cl)C(COCc2ccc3ccccc3c2)(C(=O)O)C1. The van der Waals surface area contributed by atoms with Crippen molar-refractivity contribution in [1.82, 2.24) is 0 Å². The van der Waals surface area contributed by atoms with Crippen LogP contribution in [0.25, 0.3) is 10.8 Å². The number of rotatable bonds is 6. The molecular formula is C21H21ClO5. The molecule has 2 aromatic rings. The molecule has 0 saturated carbocycles. The largest absolute Gasteiger partial charge is 0.481 e. The van der Waals surface area contributed by atoms with Crippen LogP contribution >= 0.6 is 11.6 Å². The van der Waals surface area contributed by atoms with Gasteiger partial charge in [0.15, 0.2) is 0 Å². The number of hydrogen-bond acceptors (Lipinski definition) is 3. The van der Waals surface area contributed by atoms with Gasteiger partial charge in [0.05, 0.1) is 24.0 Å². The second kappa shape index (κ2) is 7.33. The van der Waals surface area contributed by atoms with Gasteiger partial charge in [0, 0.05) is 0 Å². The Kier molecular flexibility index (Phi) is 5.27. The fourth-order valence-corrected chi connectivity index (χ4v) is 3.81. The molecule has 0 fully saturated rings. The van der Waals surface area contributed by atoms with Crippen LogP contribution in [0.1, 0.15) is 18.9 Å². The molecule has 3 rings (SSSR count). The summed E-state index contributed by atoms with van der Waals surface area (Å²) in [4.78, 5) is 23.6. The summed E-state index contributed by atoms with van der Waals surface area (Å²) in [5, 5.41) is 20.6. The summed E-state index contributed by atoms with van der Waals surface area (Å²) in [6.07, 6.45) is 2.79. The van der Waals surface area contributed by atoms with Crippen LogP contribution in [-0.2, 0) is 20.9 Å². The number of carbonyl (C=O) groups is 2. The number of halogens is 1. The zero-order chi connectivity index (χ0) is 19.7. The highest BCUT2D eigenvalue weighted by Crippen LogP contribution is 2.45. The number of aliphatic carboxylic acids is 2. The van der Waals surface area contributed by atoms with Crippen LogP contribution in [0, 0.1) is 10.8 Å². The predicted molar refractivity (Wildman–Crippen MR) is 103 cm³/mol. The van der Waals surface area contributed by atoms with E-state index >= 15 is 0 Å². The van der Waals surface area contributed by atoms with E-state index in [2.05, 4.69) is 0 Å². The number of alkyl halides is 1. The molecule has 3 atom stereocenters. The Morgan fingerprint density at radius 2 is 1.85 bits per heavy atom. The van der Waals surface area contributed by atoms with E-state index in [4.69, 9.17) is 16.3 Å². The zero-order valence-corrected chi connectivity index (χ0v) is 15.6. The van der Waals surface area contributed by atoms with Gasteiger partial charge in [0.25, 0.3) is 0 Å². The van der Waals surface area contributed by atoms with Gasteiger partial charge in [-0.1, -0.05) is 48.6 Å². The average Bonchev–Trinajstić information content (AvgIpc) is 2.64. The van der Waals surface area contributed by atoms with Crippen LogP contribution in [0.3, 0.4) is 0 Å². The van der Waals surface area contributed by atoms with Crippen molar-refractivity contribution in [3.05, 3.63) is 60.2 Å². The topological polar surface area (TPSA) is 83.8 Å². The maximum absolute atomic E-state index is 12.0. The molecule has 6 heteroatoms. The molecule has 5 nitrogen and oxygen atoms in total. The van der Waals surface area contributed by atoms with Gasteiger partial charge in [-0.15, -0.1) is 11.6 Å². The first-order valence-corrected chi connectivity index (χ1v) is 9.06. The second-order valence-corrected chi connectivity index (χ2v) is 7.77. The average molecular weight is 389 g/mol. The lowest BCUT2D eigenvalue weighted by Crippen LogP contribution is -2.50. The number of carboxylic acids is 2. The molecule has 0 radical (unpaired) electrons. The molecule has 142 valence electrons. The van der Waals surface area contributed by atoms with Crippen molar-refractivity contribution < 1.29 is 24.5 Å². The Labute approximate surface area is 162 Å². The van der Waals surface area contributed by atoms with E-state index in [0.29, 0.717) is 0 Å². The van der Waals surface area contributed by atoms with Crippen molar-refractivity contribution >= 4 is 34.3 Å². The summed E-state index contributed by atoms with van der Waals surface area (Å²) in [6.45, 7) is 1.54. The van der Waals surface area contributed by atoms with Gasteiger partial charge >= 0.3 is 11.9 Å². The van der Waals surface area contributed by atoms with Gasteiger partial charge in [-0.2, -0.15) is 0 Å². The molecular weight excluding hydrogens is 368 g/mol. The van der Waals surface area contributed by atoms with E-state index < -0.39 is 28.1 Å². The van der Waals surface area contributed by atoms with Crippen LogP contribution < -0.4 is 0 Å². The summed E-state index contributed by atoms with van der Waals surface area (Å²) in [5.41, 5.74) is -1.89. The van der Waals surface area contributed by atoms with E-state index in [1.54, 1.807) is 0 Å². The molecule has 0 saturated heterocycles. The lowest BCUT2D eigenvalue weighted by atomic mass is 9.66. The predicted octanol–water partition coefficient (Wildman–Crippen LogP) is 4.09. The first kappa shape index (κ1) is 19.4. The fraction of sp³-hybridized carbons (Fsp3) is 0.333. The molecule has 0 spiro atoms. The van der Waals surface area contributed by atoms with Crippen LogP contribution in [0.2, 0.25) is 0 Å². The maximum Gasteiger partial charge on any atom is 0.313 e. The summed E-state index contributed by atoms with van der Waals surface area (Å²) in [6, 6.07) is 13.8. The third kappa shape index (κ3) is 3.70. The van der Waals surface area contributed by atoms with Crippen LogP contribution in [0.4, 0.5) is 0 Å². The van der Waals surface area contributed by atoms with Crippen molar-refractivity contribution in [1.29, 1.82) is 0 Å². The lowest BCUT2D eigenvalue weighted by Gasteiger charge is -2.40. The van der Waals surface area contributed by atoms with Crippen molar-refractivity contribution in [3.63, 3.8) is 0 Å². The molecule has 27 heavy (non-hydrogen) atoms. The van der Waals surface area contributed by atoms with Gasteiger partial charge in [-0.25, -0.2) is 0 Å². The molecule has 3 unspecified atom stereocenters. The highest BCUT2D eigenvalue weighted by atomic mass is 35.5. The number of allylic oxidation sites excluding steroid dienone is 1. The van der Waals surface area contributed by atoms with E-state index in [0.717, 1.165) is 16.3 Å². The third-order valence-electron chi connectivity index (χ3n) is 5.20. The quantitative estimate of drug-likeness (QED) is 0.575. The maximum atomic E-state index is 12.0. The van der Waals surface area contributed by atoms with Crippen molar-refractivity contribution in [2.24, 2.45) is 10.8 Å². The second-order valence-electron chi connectivity index (χ2n) is 7.30. The van der Waals surface area contributed by atoms with Crippen molar-refractivity contribution in [3.8, 4) is 0 Å². The number of ether oxygens (including phenoxy) is 1. The molecule has 0 heterocycles. The van der Waals surface area contributed by atoms with Gasteiger partial charge in [0.2, 0.25) is 0 Å². The minimum absolute atomic E-state index is 0.132. The van der Waals surface area contributed by atoms with Gasteiger partial charge in [-0.3, -0.25) is 9.59 Å². The van der Waals surface area contributed by atoms with E-state index in [9.17, 15) is 19.8 Å². The molecule has 2 aromatic carbocycles. The summed E-state index contributed by atoms with van der Waals surface area (Å²) in [7, 11) is 0. The monoisotopic (exact) mass is 388 g/mol. The van der Waals surface area contributed by atoms with E-state index in [1.165, 1.54) is 19.1 Å². The zero-order valence-electron chi connectivity index (χ0n) is 14.9. The Bertz CT molecular complexity index is 908. The summed E-state index contributed by atoms with van der Waals surface area (Å²) >= 11 is 6.29. The lowest BCUT2D eigenvalue weighted by molar-refractivity contribution is -0.160. The Balaban J connectivity index is 1.77. The molecule has 1 aliphatic rings. The van der Waals surface area contributed by atoms with Crippen molar-refractivity contribution in [2.45, 2.75) is 25.3 Å². The molecule has 0 aromatic heterocycles. The standard InChI is InChI=1S/C21H21ClO5/c1-20(18(23)24)9-8-17(22)21(12-20,19(25)26)13-27-11-14-6-7-15-4-2-3-5-16(15)10-14/h2-10,17H,11-13H2,1H3,(H,23,24)(H,25,26). The number of fused-ring (bicyclic) bond motifs is 1. The number of benzene rings is 2. The van der Waals surface area contributed by atoms with Crippen LogP contribution in [0.5, 0.6) is 0 Å². The molecule has 0 bridgehead atoms. The third-order valence-corrected chi connectivity index (χ3v) is 5.76.